The molecule has 0 aromatic heterocycles. The fourth-order valence-corrected chi connectivity index (χ4v) is 2.37. The van der Waals surface area contributed by atoms with Crippen LogP contribution in [0.25, 0.3) is 0 Å². The zero-order valence-corrected chi connectivity index (χ0v) is 12.4. The predicted molar refractivity (Wildman–Crippen MR) is 73.7 cm³/mol. The van der Waals surface area contributed by atoms with Crippen molar-refractivity contribution in [2.45, 2.75) is 40.0 Å². The Hall–Kier alpha value is -1.59. The first-order valence-electron chi connectivity index (χ1n) is 6.99. The summed E-state index contributed by atoms with van der Waals surface area (Å²) in [6, 6.07) is 0. The van der Waals surface area contributed by atoms with E-state index in [-0.39, 0.29) is 30.1 Å². The number of carbonyl (C=O) groups is 3. The monoisotopic (exact) mass is 284 g/mol. The van der Waals surface area contributed by atoms with E-state index in [9.17, 15) is 19.5 Å². The molecular formula is C14H24N2O4. The van der Waals surface area contributed by atoms with E-state index >= 15 is 0 Å². The molecule has 0 aliphatic carbocycles. The number of piperidine rings is 1. The zero-order valence-electron chi connectivity index (χ0n) is 12.4. The summed E-state index contributed by atoms with van der Waals surface area (Å²) in [5.74, 6) is -1.74. The molecule has 20 heavy (non-hydrogen) atoms. The minimum Gasteiger partial charge on any atom is -0.481 e. The molecule has 6 nitrogen and oxygen atoms in total. The van der Waals surface area contributed by atoms with Gasteiger partial charge in [0.05, 0.1) is 5.41 Å². The summed E-state index contributed by atoms with van der Waals surface area (Å²) in [7, 11) is 0. The van der Waals surface area contributed by atoms with E-state index in [1.807, 2.05) is 0 Å². The largest absolute Gasteiger partial charge is 0.481 e. The number of hydrogen-bond donors (Lipinski definition) is 2. The van der Waals surface area contributed by atoms with E-state index in [2.05, 4.69) is 0 Å². The highest BCUT2D eigenvalue weighted by Gasteiger charge is 2.40. The van der Waals surface area contributed by atoms with Crippen molar-refractivity contribution in [2.24, 2.45) is 23.0 Å². The Morgan fingerprint density at radius 1 is 1.30 bits per heavy atom. The second kappa shape index (κ2) is 6.24. The number of amides is 2. The van der Waals surface area contributed by atoms with E-state index in [1.165, 1.54) is 0 Å². The summed E-state index contributed by atoms with van der Waals surface area (Å²) in [5, 5.41) is 9.33. The lowest BCUT2D eigenvalue weighted by Crippen LogP contribution is -2.45. The fourth-order valence-electron chi connectivity index (χ4n) is 2.37. The highest BCUT2D eigenvalue weighted by atomic mass is 16.4. The van der Waals surface area contributed by atoms with Gasteiger partial charge in [0.15, 0.2) is 0 Å². The zero-order chi connectivity index (χ0) is 15.5. The molecule has 1 atom stereocenters. The molecule has 0 radical (unpaired) electrons. The third-order valence-corrected chi connectivity index (χ3v) is 4.53. The van der Waals surface area contributed by atoms with Crippen molar-refractivity contribution in [1.82, 2.24) is 4.90 Å². The second-order valence-electron chi connectivity index (χ2n) is 6.11. The molecule has 1 aliphatic rings. The van der Waals surface area contributed by atoms with Gasteiger partial charge in [0.1, 0.15) is 0 Å². The van der Waals surface area contributed by atoms with Crippen molar-refractivity contribution in [3.8, 4) is 0 Å². The highest BCUT2D eigenvalue weighted by Crippen LogP contribution is 2.32. The number of nitrogens with zero attached hydrogens (tertiary/aromatic N) is 1. The van der Waals surface area contributed by atoms with Crippen LogP contribution in [-0.2, 0) is 14.4 Å². The first-order valence-corrected chi connectivity index (χ1v) is 6.99. The topological polar surface area (TPSA) is 101 Å². The Bertz CT molecular complexity index is 400. The van der Waals surface area contributed by atoms with Crippen molar-refractivity contribution in [3.05, 3.63) is 0 Å². The normalized spacial score (nSPS) is 19.7. The lowest BCUT2D eigenvalue weighted by molar-refractivity contribution is -0.156. The number of rotatable bonds is 5. The lowest BCUT2D eigenvalue weighted by Gasteiger charge is -2.34. The molecular weight excluding hydrogens is 260 g/mol. The molecule has 114 valence electrons. The van der Waals surface area contributed by atoms with Gasteiger partial charge in [0.25, 0.3) is 0 Å². The standard InChI is InChI=1S/C14H24N2O4/c1-9(2)14(3,13(19)20)8-11(17)16-6-4-10(5-7-16)12(15)18/h9-10H,4-8H2,1-3H3,(H2,15,18)(H,19,20). The molecule has 3 N–H and O–H groups in total. The molecule has 0 aromatic rings. The van der Waals surface area contributed by atoms with Gasteiger partial charge in [0.2, 0.25) is 11.8 Å². The van der Waals surface area contributed by atoms with Crippen LogP contribution < -0.4 is 5.73 Å². The molecule has 0 saturated carbocycles. The summed E-state index contributed by atoms with van der Waals surface area (Å²) < 4.78 is 0. The van der Waals surface area contributed by atoms with E-state index in [4.69, 9.17) is 5.73 Å². The van der Waals surface area contributed by atoms with Crippen molar-refractivity contribution in [3.63, 3.8) is 0 Å². The molecule has 1 heterocycles. The minimum absolute atomic E-state index is 0.0127. The molecule has 2 amide bonds. The van der Waals surface area contributed by atoms with Gasteiger partial charge in [-0.15, -0.1) is 0 Å². The van der Waals surface area contributed by atoms with E-state index in [0.717, 1.165) is 0 Å². The van der Waals surface area contributed by atoms with Crippen LogP contribution in [0.4, 0.5) is 0 Å². The quantitative estimate of drug-likeness (QED) is 0.781. The van der Waals surface area contributed by atoms with Gasteiger partial charge in [-0.3, -0.25) is 14.4 Å². The minimum atomic E-state index is -1.06. The van der Waals surface area contributed by atoms with Crippen LogP contribution in [0, 0.1) is 17.3 Å². The van der Waals surface area contributed by atoms with Gasteiger partial charge in [-0.1, -0.05) is 13.8 Å². The molecule has 0 aromatic carbocycles. The number of carboxylic acids is 1. The molecule has 1 aliphatic heterocycles. The summed E-state index contributed by atoms with van der Waals surface area (Å²) in [5.41, 5.74) is 4.19. The first kappa shape index (κ1) is 16.5. The second-order valence-corrected chi connectivity index (χ2v) is 6.11. The van der Waals surface area contributed by atoms with Crippen LogP contribution in [0.15, 0.2) is 0 Å². The molecule has 0 spiro atoms. The average molecular weight is 284 g/mol. The van der Waals surface area contributed by atoms with Crippen LogP contribution in [0.1, 0.15) is 40.0 Å². The first-order chi connectivity index (χ1) is 9.18. The molecule has 1 unspecified atom stereocenters. The molecule has 1 fully saturated rings. The third-order valence-electron chi connectivity index (χ3n) is 4.53. The van der Waals surface area contributed by atoms with Crippen molar-refractivity contribution < 1.29 is 19.5 Å². The van der Waals surface area contributed by atoms with E-state index < -0.39 is 11.4 Å². The summed E-state index contributed by atoms with van der Waals surface area (Å²) in [6.45, 7) is 6.16. The highest BCUT2D eigenvalue weighted by molar-refractivity contribution is 5.85. The van der Waals surface area contributed by atoms with Crippen LogP contribution in [0.2, 0.25) is 0 Å². The smallest absolute Gasteiger partial charge is 0.310 e. The molecule has 1 saturated heterocycles. The Morgan fingerprint density at radius 3 is 2.15 bits per heavy atom. The number of carbonyl (C=O) groups excluding carboxylic acids is 2. The van der Waals surface area contributed by atoms with Gasteiger partial charge < -0.3 is 15.7 Å². The number of carboxylic acid groups (broad SMARTS) is 1. The number of likely N-dealkylation sites (tertiary alicyclic amines) is 1. The SMILES string of the molecule is CC(C)C(C)(CC(=O)N1CCC(C(N)=O)CC1)C(=O)O. The van der Waals surface area contributed by atoms with Crippen LogP contribution in [0.5, 0.6) is 0 Å². The fraction of sp³-hybridized carbons (Fsp3) is 0.786. The maximum absolute atomic E-state index is 12.2. The Labute approximate surface area is 119 Å². The summed E-state index contributed by atoms with van der Waals surface area (Å²) in [6.07, 6.45) is 1.11. The molecule has 1 rings (SSSR count). The molecule has 0 bridgehead atoms. The third kappa shape index (κ3) is 3.49. The summed E-state index contributed by atoms with van der Waals surface area (Å²) >= 11 is 0. The average Bonchev–Trinajstić information content (AvgIpc) is 2.38. The maximum atomic E-state index is 12.2. The number of primary amides is 1. The Balaban J connectivity index is 2.64. The Morgan fingerprint density at radius 2 is 1.80 bits per heavy atom. The number of aliphatic carboxylic acids is 1. The van der Waals surface area contributed by atoms with Gasteiger partial charge in [-0.05, 0) is 25.7 Å². The van der Waals surface area contributed by atoms with Crippen LogP contribution >= 0.6 is 0 Å². The van der Waals surface area contributed by atoms with Gasteiger partial charge in [0, 0.05) is 25.4 Å². The van der Waals surface area contributed by atoms with Crippen molar-refractivity contribution in [2.75, 3.05) is 13.1 Å². The van der Waals surface area contributed by atoms with Gasteiger partial charge in [-0.2, -0.15) is 0 Å². The van der Waals surface area contributed by atoms with E-state index in [1.54, 1.807) is 25.7 Å². The van der Waals surface area contributed by atoms with Crippen molar-refractivity contribution >= 4 is 17.8 Å². The van der Waals surface area contributed by atoms with Crippen LogP contribution in [0.3, 0.4) is 0 Å². The number of hydrogen-bond acceptors (Lipinski definition) is 3. The lowest BCUT2D eigenvalue weighted by atomic mass is 9.76. The van der Waals surface area contributed by atoms with Gasteiger partial charge >= 0.3 is 5.97 Å². The van der Waals surface area contributed by atoms with Crippen molar-refractivity contribution in [1.29, 1.82) is 0 Å². The van der Waals surface area contributed by atoms with Gasteiger partial charge in [-0.25, -0.2) is 0 Å². The van der Waals surface area contributed by atoms with E-state index in [0.29, 0.717) is 25.9 Å². The maximum Gasteiger partial charge on any atom is 0.310 e. The summed E-state index contributed by atoms with van der Waals surface area (Å²) in [4.78, 5) is 36.4. The molecule has 6 heteroatoms. The predicted octanol–water partition coefficient (Wildman–Crippen LogP) is 0.847. The Kier molecular flexibility index (Phi) is 5.14. The number of nitrogens with two attached hydrogens (primary N) is 1. The van der Waals surface area contributed by atoms with Crippen LogP contribution in [-0.4, -0.2) is 40.9 Å².